The van der Waals surface area contributed by atoms with Gasteiger partial charge in [-0.25, -0.2) is 4.79 Å². The van der Waals surface area contributed by atoms with E-state index in [1.54, 1.807) is 0 Å². The fourth-order valence-electron chi connectivity index (χ4n) is 3.07. The van der Waals surface area contributed by atoms with Crippen molar-refractivity contribution < 1.29 is 27.5 Å². The lowest BCUT2D eigenvalue weighted by atomic mass is 9.78. The second-order valence-corrected chi connectivity index (χ2v) is 6.60. The van der Waals surface area contributed by atoms with Gasteiger partial charge in [0.05, 0.1) is 11.1 Å². The Morgan fingerprint density at radius 1 is 1.24 bits per heavy atom. The first kappa shape index (κ1) is 19.3. The van der Waals surface area contributed by atoms with Crippen LogP contribution in [0, 0.1) is 11.8 Å². The zero-order valence-electron chi connectivity index (χ0n) is 14.2. The molecule has 1 saturated carbocycles. The van der Waals surface area contributed by atoms with E-state index in [2.05, 4.69) is 19.2 Å². The van der Waals surface area contributed by atoms with Gasteiger partial charge in [-0.15, -0.1) is 0 Å². The van der Waals surface area contributed by atoms with Crippen LogP contribution in [0.15, 0.2) is 24.3 Å². The van der Waals surface area contributed by atoms with E-state index in [0.717, 1.165) is 31.4 Å². The lowest BCUT2D eigenvalue weighted by Gasteiger charge is -2.34. The SMILES string of the molecule is C[C@H]1[C@H](C)CCC[C@H]1NC(=O)COC(=O)c1cccc(C(F)(F)F)c1. The Bertz CT molecular complexity index is 630. The summed E-state index contributed by atoms with van der Waals surface area (Å²) in [4.78, 5) is 23.8. The predicted molar refractivity (Wildman–Crippen MR) is 85.8 cm³/mol. The maximum Gasteiger partial charge on any atom is 0.416 e. The molecule has 0 aliphatic heterocycles. The Morgan fingerprint density at radius 3 is 2.64 bits per heavy atom. The number of carbonyl (C=O) groups is 2. The molecule has 4 nitrogen and oxygen atoms in total. The average molecular weight is 357 g/mol. The molecule has 1 aliphatic carbocycles. The molecule has 1 aromatic rings. The third-order valence-electron chi connectivity index (χ3n) is 4.81. The first-order valence-electron chi connectivity index (χ1n) is 8.32. The summed E-state index contributed by atoms with van der Waals surface area (Å²) in [7, 11) is 0. The molecule has 1 aromatic carbocycles. The van der Waals surface area contributed by atoms with Gasteiger partial charge in [0.1, 0.15) is 0 Å². The third kappa shape index (κ3) is 5.21. The largest absolute Gasteiger partial charge is 0.452 e. The Hall–Kier alpha value is -2.05. The molecule has 1 aliphatic rings. The summed E-state index contributed by atoms with van der Waals surface area (Å²) in [5.41, 5.74) is -1.17. The molecule has 0 saturated heterocycles. The quantitative estimate of drug-likeness (QED) is 0.834. The van der Waals surface area contributed by atoms with Crippen LogP contribution in [0.2, 0.25) is 0 Å². The van der Waals surface area contributed by atoms with Gasteiger partial charge in [0.25, 0.3) is 5.91 Å². The summed E-state index contributed by atoms with van der Waals surface area (Å²) in [5.74, 6) is -0.554. The van der Waals surface area contributed by atoms with E-state index in [1.165, 1.54) is 6.07 Å². The number of halogens is 3. The lowest BCUT2D eigenvalue weighted by Crippen LogP contribution is -2.45. The van der Waals surface area contributed by atoms with Crippen LogP contribution in [-0.2, 0) is 15.7 Å². The van der Waals surface area contributed by atoms with Gasteiger partial charge in [-0.1, -0.05) is 32.8 Å². The molecule has 2 rings (SSSR count). The van der Waals surface area contributed by atoms with E-state index in [1.807, 2.05) is 0 Å². The molecular formula is C18H22F3NO3. The molecule has 0 heterocycles. The molecule has 1 amide bonds. The molecule has 0 radical (unpaired) electrons. The minimum atomic E-state index is -4.54. The summed E-state index contributed by atoms with van der Waals surface area (Å²) in [6.07, 6.45) is -1.52. The number of hydrogen-bond donors (Lipinski definition) is 1. The second kappa shape index (κ2) is 7.89. The molecule has 7 heteroatoms. The van der Waals surface area contributed by atoms with Crippen molar-refractivity contribution in [1.82, 2.24) is 5.32 Å². The number of nitrogens with one attached hydrogen (secondary N) is 1. The summed E-state index contributed by atoms with van der Waals surface area (Å²) < 4.78 is 42.8. The van der Waals surface area contributed by atoms with Crippen molar-refractivity contribution in [3.63, 3.8) is 0 Å². The Labute approximate surface area is 144 Å². The van der Waals surface area contributed by atoms with Crippen LogP contribution >= 0.6 is 0 Å². The Morgan fingerprint density at radius 2 is 1.96 bits per heavy atom. The van der Waals surface area contributed by atoms with E-state index in [9.17, 15) is 22.8 Å². The fraction of sp³-hybridized carbons (Fsp3) is 0.556. The van der Waals surface area contributed by atoms with Crippen LogP contribution in [-0.4, -0.2) is 24.5 Å². The minimum absolute atomic E-state index is 0.0310. The van der Waals surface area contributed by atoms with E-state index < -0.39 is 30.2 Å². The van der Waals surface area contributed by atoms with Gasteiger partial charge >= 0.3 is 12.1 Å². The smallest absolute Gasteiger partial charge is 0.416 e. The van der Waals surface area contributed by atoms with Gasteiger partial charge in [0.15, 0.2) is 6.61 Å². The van der Waals surface area contributed by atoms with E-state index in [4.69, 9.17) is 4.74 Å². The van der Waals surface area contributed by atoms with Crippen LogP contribution in [0.1, 0.15) is 49.0 Å². The summed E-state index contributed by atoms with van der Waals surface area (Å²) in [5, 5.41) is 2.85. The average Bonchev–Trinajstić information content (AvgIpc) is 2.56. The number of rotatable bonds is 4. The highest BCUT2D eigenvalue weighted by atomic mass is 19.4. The minimum Gasteiger partial charge on any atom is -0.452 e. The van der Waals surface area contributed by atoms with Crippen molar-refractivity contribution >= 4 is 11.9 Å². The van der Waals surface area contributed by atoms with Crippen LogP contribution in [0.25, 0.3) is 0 Å². The summed E-state index contributed by atoms with van der Waals surface area (Å²) in [6, 6.07) is 3.97. The fourth-order valence-corrected chi connectivity index (χ4v) is 3.07. The zero-order chi connectivity index (χ0) is 18.6. The molecule has 0 aromatic heterocycles. The third-order valence-corrected chi connectivity index (χ3v) is 4.81. The van der Waals surface area contributed by atoms with E-state index >= 15 is 0 Å². The Balaban J connectivity index is 1.88. The topological polar surface area (TPSA) is 55.4 Å². The number of esters is 1. The number of carbonyl (C=O) groups excluding carboxylic acids is 2. The van der Waals surface area contributed by atoms with Crippen molar-refractivity contribution in [2.45, 2.75) is 45.3 Å². The molecule has 0 spiro atoms. The van der Waals surface area contributed by atoms with Crippen molar-refractivity contribution in [3.8, 4) is 0 Å². The molecule has 25 heavy (non-hydrogen) atoms. The second-order valence-electron chi connectivity index (χ2n) is 6.60. The van der Waals surface area contributed by atoms with Crippen molar-refractivity contribution in [3.05, 3.63) is 35.4 Å². The predicted octanol–water partition coefficient (Wildman–Crippen LogP) is 3.80. The molecule has 0 bridgehead atoms. The van der Waals surface area contributed by atoms with Gasteiger partial charge in [-0.2, -0.15) is 13.2 Å². The normalized spacial score (nSPS) is 23.8. The van der Waals surface area contributed by atoms with Crippen LogP contribution < -0.4 is 5.32 Å². The summed E-state index contributed by atoms with van der Waals surface area (Å²) >= 11 is 0. The van der Waals surface area contributed by atoms with Crippen LogP contribution in [0.3, 0.4) is 0 Å². The highest BCUT2D eigenvalue weighted by molar-refractivity contribution is 5.91. The molecule has 1 N–H and O–H groups in total. The highest BCUT2D eigenvalue weighted by Gasteiger charge is 2.31. The van der Waals surface area contributed by atoms with Crippen molar-refractivity contribution in [2.75, 3.05) is 6.61 Å². The van der Waals surface area contributed by atoms with E-state index in [-0.39, 0.29) is 11.6 Å². The van der Waals surface area contributed by atoms with Gasteiger partial charge in [0.2, 0.25) is 0 Å². The maximum atomic E-state index is 12.7. The van der Waals surface area contributed by atoms with Crippen LogP contribution in [0.5, 0.6) is 0 Å². The van der Waals surface area contributed by atoms with Crippen molar-refractivity contribution in [2.24, 2.45) is 11.8 Å². The number of benzene rings is 1. The molecular weight excluding hydrogens is 335 g/mol. The van der Waals surface area contributed by atoms with Crippen molar-refractivity contribution in [1.29, 1.82) is 0 Å². The number of hydrogen-bond acceptors (Lipinski definition) is 3. The highest BCUT2D eigenvalue weighted by Crippen LogP contribution is 2.30. The number of ether oxygens (including phenoxy) is 1. The number of amides is 1. The van der Waals surface area contributed by atoms with Crippen LogP contribution in [0.4, 0.5) is 13.2 Å². The number of alkyl halides is 3. The standard InChI is InChI=1S/C18H22F3NO3/c1-11-5-3-8-15(12(11)2)22-16(23)10-25-17(24)13-6-4-7-14(9-13)18(19,20)21/h4,6-7,9,11-12,15H,3,5,8,10H2,1-2H3,(H,22,23)/t11-,12+,15-/m1/s1. The van der Waals surface area contributed by atoms with Gasteiger partial charge < -0.3 is 10.1 Å². The van der Waals surface area contributed by atoms with E-state index in [0.29, 0.717) is 17.9 Å². The lowest BCUT2D eigenvalue weighted by molar-refractivity contribution is -0.137. The first-order valence-corrected chi connectivity index (χ1v) is 8.32. The first-order chi connectivity index (χ1) is 11.7. The van der Waals surface area contributed by atoms with Gasteiger partial charge in [0, 0.05) is 6.04 Å². The Kier molecular flexibility index (Phi) is 6.08. The molecule has 1 fully saturated rings. The summed E-state index contributed by atoms with van der Waals surface area (Å²) in [6.45, 7) is 3.70. The van der Waals surface area contributed by atoms with Gasteiger partial charge in [-0.3, -0.25) is 4.79 Å². The molecule has 3 atom stereocenters. The zero-order valence-corrected chi connectivity index (χ0v) is 14.2. The maximum absolute atomic E-state index is 12.7. The molecule has 138 valence electrons. The monoisotopic (exact) mass is 357 g/mol. The van der Waals surface area contributed by atoms with Gasteiger partial charge in [-0.05, 0) is 36.5 Å². The molecule has 0 unspecified atom stereocenters.